The molecule has 0 spiro atoms. The van der Waals surface area contributed by atoms with Crippen LogP contribution in [0.15, 0.2) is 60.1 Å². The molecule has 0 saturated heterocycles. The average Bonchev–Trinajstić information content (AvgIpc) is 3.23. The number of amides is 1. The van der Waals surface area contributed by atoms with Crippen LogP contribution >= 0.6 is 11.3 Å². The van der Waals surface area contributed by atoms with Gasteiger partial charge in [-0.25, -0.2) is 9.37 Å². The summed E-state index contributed by atoms with van der Waals surface area (Å²) in [6, 6.07) is 13.9. The second-order valence-electron chi connectivity index (χ2n) is 5.87. The van der Waals surface area contributed by atoms with Crippen LogP contribution in [0.2, 0.25) is 0 Å². The second kappa shape index (κ2) is 6.72. The van der Waals surface area contributed by atoms with Crippen LogP contribution in [-0.2, 0) is 6.42 Å². The normalized spacial score (nSPS) is 11.0. The maximum absolute atomic E-state index is 13.1. The van der Waals surface area contributed by atoms with Crippen LogP contribution in [0.3, 0.4) is 0 Å². The highest BCUT2D eigenvalue weighted by Crippen LogP contribution is 2.25. The molecule has 0 radical (unpaired) electrons. The van der Waals surface area contributed by atoms with Gasteiger partial charge in [0.1, 0.15) is 11.5 Å². The van der Waals surface area contributed by atoms with E-state index in [1.807, 2.05) is 24.3 Å². The number of nitrogens with zero attached hydrogens (tertiary/aromatic N) is 2. The van der Waals surface area contributed by atoms with Gasteiger partial charge in [-0.15, -0.1) is 11.3 Å². The Morgan fingerprint density at radius 1 is 1.19 bits per heavy atom. The summed E-state index contributed by atoms with van der Waals surface area (Å²) in [7, 11) is 0. The molecular weight excluding hydrogens is 349 g/mol. The van der Waals surface area contributed by atoms with Gasteiger partial charge < -0.3 is 5.32 Å². The van der Waals surface area contributed by atoms with Gasteiger partial charge >= 0.3 is 0 Å². The number of thiazole rings is 1. The number of para-hydroxylation sites is 1. The van der Waals surface area contributed by atoms with Crippen LogP contribution in [0.5, 0.6) is 0 Å². The van der Waals surface area contributed by atoms with E-state index in [1.165, 1.54) is 23.5 Å². The summed E-state index contributed by atoms with van der Waals surface area (Å²) in [5.41, 5.74) is 3.95. The van der Waals surface area contributed by atoms with Crippen molar-refractivity contribution in [3.8, 4) is 11.3 Å². The summed E-state index contributed by atoms with van der Waals surface area (Å²) in [6.07, 6.45) is 2.65. The molecule has 4 nitrogen and oxygen atoms in total. The van der Waals surface area contributed by atoms with E-state index in [0.29, 0.717) is 11.4 Å². The minimum atomic E-state index is -0.288. The molecule has 0 saturated carbocycles. The highest BCUT2D eigenvalue weighted by atomic mass is 32.1. The Labute approximate surface area is 153 Å². The molecule has 0 aliphatic rings. The molecule has 0 aliphatic heterocycles. The Morgan fingerprint density at radius 2 is 1.96 bits per heavy atom. The molecular formula is C20H16FN3OS. The molecule has 0 fully saturated rings. The van der Waals surface area contributed by atoms with Crippen LogP contribution in [0.4, 0.5) is 10.1 Å². The summed E-state index contributed by atoms with van der Waals surface area (Å²) in [5, 5.41) is 4.77. The fraction of sp³-hybridized carbons (Fsp3) is 0.100. The number of carbonyl (C=O) groups excluding carboxylic acids is 1. The molecule has 0 aliphatic carbocycles. The van der Waals surface area contributed by atoms with Gasteiger partial charge in [-0.1, -0.05) is 25.1 Å². The number of rotatable bonds is 4. The van der Waals surface area contributed by atoms with Gasteiger partial charge in [-0.05, 0) is 42.3 Å². The fourth-order valence-corrected chi connectivity index (χ4v) is 3.70. The van der Waals surface area contributed by atoms with Crippen LogP contribution in [-0.4, -0.2) is 15.3 Å². The molecule has 2 aromatic heterocycles. The van der Waals surface area contributed by atoms with Crippen LogP contribution < -0.4 is 5.32 Å². The van der Waals surface area contributed by atoms with Gasteiger partial charge in [0.05, 0.1) is 5.69 Å². The number of hydrogen-bond donors (Lipinski definition) is 1. The summed E-state index contributed by atoms with van der Waals surface area (Å²) in [6.45, 7) is 2.05. The predicted octanol–water partition coefficient (Wildman–Crippen LogP) is 5.02. The number of aryl methyl sites for hydroxylation is 1. The maximum Gasteiger partial charge on any atom is 0.273 e. The van der Waals surface area contributed by atoms with E-state index < -0.39 is 0 Å². The van der Waals surface area contributed by atoms with Gasteiger partial charge in [-0.3, -0.25) is 9.20 Å². The molecule has 130 valence electrons. The van der Waals surface area contributed by atoms with Crippen molar-refractivity contribution in [1.82, 2.24) is 9.38 Å². The van der Waals surface area contributed by atoms with Gasteiger partial charge in [-0.2, -0.15) is 0 Å². The number of hydrogen-bond acceptors (Lipinski definition) is 3. The number of anilines is 1. The van der Waals surface area contributed by atoms with Crippen molar-refractivity contribution in [1.29, 1.82) is 0 Å². The lowest BCUT2D eigenvalue weighted by molar-refractivity contribution is 0.102. The first-order valence-corrected chi connectivity index (χ1v) is 9.15. The lowest BCUT2D eigenvalue weighted by Gasteiger charge is -2.09. The Hall–Kier alpha value is -2.99. The lowest BCUT2D eigenvalue weighted by atomic mass is 10.1. The van der Waals surface area contributed by atoms with E-state index in [0.717, 1.165) is 28.2 Å². The molecule has 6 heteroatoms. The third-order valence-electron chi connectivity index (χ3n) is 4.23. The van der Waals surface area contributed by atoms with Crippen molar-refractivity contribution in [2.75, 3.05) is 5.32 Å². The van der Waals surface area contributed by atoms with Gasteiger partial charge in [0.2, 0.25) is 0 Å². The highest BCUT2D eigenvalue weighted by molar-refractivity contribution is 7.15. The van der Waals surface area contributed by atoms with E-state index in [-0.39, 0.29) is 11.7 Å². The second-order valence-corrected chi connectivity index (χ2v) is 6.71. The number of imidazole rings is 1. The van der Waals surface area contributed by atoms with Crippen molar-refractivity contribution in [3.63, 3.8) is 0 Å². The largest absolute Gasteiger partial charge is 0.320 e. The molecule has 0 atom stereocenters. The van der Waals surface area contributed by atoms with E-state index in [9.17, 15) is 9.18 Å². The summed E-state index contributed by atoms with van der Waals surface area (Å²) in [5.74, 6) is -0.468. The number of benzene rings is 2. The van der Waals surface area contributed by atoms with Gasteiger partial charge in [0.25, 0.3) is 5.91 Å². The van der Waals surface area contributed by atoms with Gasteiger partial charge in [0.15, 0.2) is 4.96 Å². The first-order valence-electron chi connectivity index (χ1n) is 8.27. The smallest absolute Gasteiger partial charge is 0.273 e. The Bertz CT molecular complexity index is 1080. The zero-order valence-electron chi connectivity index (χ0n) is 14.1. The fourth-order valence-electron chi connectivity index (χ4n) is 2.84. The van der Waals surface area contributed by atoms with E-state index in [4.69, 9.17) is 0 Å². The van der Waals surface area contributed by atoms with E-state index in [2.05, 4.69) is 17.2 Å². The molecule has 4 aromatic rings. The predicted molar refractivity (Wildman–Crippen MR) is 102 cm³/mol. The van der Waals surface area contributed by atoms with Crippen LogP contribution in [0.1, 0.15) is 23.0 Å². The topological polar surface area (TPSA) is 46.4 Å². The number of fused-ring (bicyclic) bond motifs is 1. The van der Waals surface area contributed by atoms with Crippen molar-refractivity contribution < 1.29 is 9.18 Å². The average molecular weight is 365 g/mol. The van der Waals surface area contributed by atoms with Crippen molar-refractivity contribution in [2.24, 2.45) is 0 Å². The van der Waals surface area contributed by atoms with Crippen molar-refractivity contribution >= 4 is 27.9 Å². The van der Waals surface area contributed by atoms with Gasteiger partial charge in [0, 0.05) is 22.8 Å². The van der Waals surface area contributed by atoms with Crippen molar-refractivity contribution in [2.45, 2.75) is 13.3 Å². The minimum absolute atomic E-state index is 0.180. The summed E-state index contributed by atoms with van der Waals surface area (Å²) < 4.78 is 14.9. The Balaban J connectivity index is 1.66. The molecule has 26 heavy (non-hydrogen) atoms. The van der Waals surface area contributed by atoms with Crippen LogP contribution in [0, 0.1) is 5.82 Å². The first-order chi connectivity index (χ1) is 12.7. The van der Waals surface area contributed by atoms with Crippen LogP contribution in [0.25, 0.3) is 16.2 Å². The minimum Gasteiger partial charge on any atom is -0.320 e. The Kier molecular flexibility index (Phi) is 4.26. The van der Waals surface area contributed by atoms with E-state index in [1.54, 1.807) is 28.1 Å². The number of nitrogens with one attached hydrogen (secondary N) is 1. The SMILES string of the molecule is CCc1ccccc1NC(=O)c1csc2nc(-c3ccc(F)cc3)cn12. The molecule has 0 unspecified atom stereocenters. The van der Waals surface area contributed by atoms with E-state index >= 15 is 0 Å². The molecule has 4 rings (SSSR count). The molecule has 2 aromatic carbocycles. The lowest BCUT2D eigenvalue weighted by Crippen LogP contribution is -2.15. The molecule has 2 heterocycles. The molecule has 1 amide bonds. The quantitative estimate of drug-likeness (QED) is 0.552. The monoisotopic (exact) mass is 365 g/mol. The zero-order chi connectivity index (χ0) is 18.1. The number of aromatic nitrogens is 2. The summed E-state index contributed by atoms with van der Waals surface area (Å²) in [4.78, 5) is 18.0. The first kappa shape index (κ1) is 16.5. The number of carbonyl (C=O) groups is 1. The Morgan fingerprint density at radius 3 is 2.73 bits per heavy atom. The third kappa shape index (κ3) is 2.99. The maximum atomic E-state index is 13.1. The number of halogens is 1. The third-order valence-corrected chi connectivity index (χ3v) is 5.07. The van der Waals surface area contributed by atoms with Crippen molar-refractivity contribution in [3.05, 3.63) is 77.2 Å². The highest BCUT2D eigenvalue weighted by Gasteiger charge is 2.16. The molecule has 1 N–H and O–H groups in total. The standard InChI is InChI=1S/C20H16FN3OS/c1-2-13-5-3-4-6-16(13)22-19(25)18-12-26-20-23-17(11-24(18)20)14-7-9-15(21)10-8-14/h3-12H,2H2,1H3,(H,22,25). The molecule has 0 bridgehead atoms. The summed E-state index contributed by atoms with van der Waals surface area (Å²) >= 11 is 1.40. The zero-order valence-corrected chi connectivity index (χ0v) is 14.9.